The highest BCUT2D eigenvalue weighted by atomic mass is 16.1. The van der Waals surface area contributed by atoms with Crippen LogP contribution in [0.5, 0.6) is 0 Å². The van der Waals surface area contributed by atoms with E-state index in [1.54, 1.807) is 6.92 Å². The minimum atomic E-state index is 0.312. The molecule has 0 fully saturated rings. The average molecular weight is 171 g/mol. The van der Waals surface area contributed by atoms with E-state index in [0.717, 1.165) is 19.4 Å². The first-order valence-electron chi connectivity index (χ1n) is 4.66. The Morgan fingerprint density at radius 1 is 1.33 bits per heavy atom. The van der Waals surface area contributed by atoms with Crippen LogP contribution < -0.4 is 0 Å². The minimum absolute atomic E-state index is 0.312. The average Bonchev–Trinajstić information content (AvgIpc) is 1.96. The van der Waals surface area contributed by atoms with Crippen LogP contribution in [0.3, 0.4) is 0 Å². The Hall–Kier alpha value is -0.370. The number of carbonyl (C=O) groups excluding carboxylic acids is 1. The van der Waals surface area contributed by atoms with Crippen molar-refractivity contribution in [3.05, 3.63) is 0 Å². The molecule has 0 saturated carbocycles. The zero-order chi connectivity index (χ0) is 9.56. The SMILES string of the molecule is CC(=O)CC[C@H](C)CCN(C)C. The molecule has 0 bridgehead atoms. The fourth-order valence-electron chi connectivity index (χ4n) is 1.07. The van der Waals surface area contributed by atoms with Crippen molar-refractivity contribution in [2.75, 3.05) is 20.6 Å². The molecule has 0 aromatic rings. The van der Waals surface area contributed by atoms with E-state index in [9.17, 15) is 4.79 Å². The smallest absolute Gasteiger partial charge is 0.129 e. The van der Waals surface area contributed by atoms with Gasteiger partial charge in [0.2, 0.25) is 0 Å². The fourth-order valence-corrected chi connectivity index (χ4v) is 1.07. The molecule has 2 heteroatoms. The predicted octanol–water partition coefficient (Wildman–Crippen LogP) is 1.94. The summed E-state index contributed by atoms with van der Waals surface area (Å²) in [7, 11) is 4.16. The highest BCUT2D eigenvalue weighted by Gasteiger charge is 2.03. The van der Waals surface area contributed by atoms with Crippen LogP contribution >= 0.6 is 0 Å². The molecule has 0 aliphatic rings. The van der Waals surface area contributed by atoms with Crippen molar-refractivity contribution >= 4 is 5.78 Å². The van der Waals surface area contributed by atoms with E-state index in [1.807, 2.05) is 0 Å². The quantitative estimate of drug-likeness (QED) is 0.608. The first-order valence-corrected chi connectivity index (χ1v) is 4.66. The van der Waals surface area contributed by atoms with E-state index in [1.165, 1.54) is 6.42 Å². The van der Waals surface area contributed by atoms with Gasteiger partial charge in [-0.3, -0.25) is 0 Å². The maximum atomic E-state index is 10.7. The Kier molecular flexibility index (Phi) is 5.99. The lowest BCUT2D eigenvalue weighted by Gasteiger charge is -2.14. The molecule has 0 N–H and O–H groups in total. The largest absolute Gasteiger partial charge is 0.309 e. The van der Waals surface area contributed by atoms with Gasteiger partial charge in [-0.2, -0.15) is 0 Å². The molecule has 0 aromatic carbocycles. The molecular weight excluding hydrogens is 150 g/mol. The summed E-state index contributed by atoms with van der Waals surface area (Å²) in [5.41, 5.74) is 0. The number of rotatable bonds is 6. The number of hydrogen-bond donors (Lipinski definition) is 0. The summed E-state index contributed by atoms with van der Waals surface area (Å²) in [5, 5.41) is 0. The van der Waals surface area contributed by atoms with E-state index < -0.39 is 0 Å². The number of Topliss-reactive ketones (excluding diaryl/α,β-unsaturated/α-hetero) is 1. The monoisotopic (exact) mass is 171 g/mol. The lowest BCUT2D eigenvalue weighted by atomic mass is 10.0. The second-order valence-corrected chi connectivity index (χ2v) is 3.94. The van der Waals surface area contributed by atoms with Crippen molar-refractivity contribution in [2.45, 2.75) is 33.1 Å². The maximum absolute atomic E-state index is 10.7. The Labute approximate surface area is 75.9 Å². The van der Waals surface area contributed by atoms with Gasteiger partial charge < -0.3 is 9.69 Å². The normalized spacial score (nSPS) is 13.4. The van der Waals surface area contributed by atoms with Crippen LogP contribution in [0.2, 0.25) is 0 Å². The summed E-state index contributed by atoms with van der Waals surface area (Å²) in [6, 6.07) is 0. The van der Waals surface area contributed by atoms with Crippen LogP contribution in [0.1, 0.15) is 33.1 Å². The van der Waals surface area contributed by atoms with Gasteiger partial charge in [0.15, 0.2) is 0 Å². The molecular formula is C10H21NO. The molecule has 0 aliphatic carbocycles. The van der Waals surface area contributed by atoms with Crippen molar-refractivity contribution in [1.82, 2.24) is 4.90 Å². The van der Waals surface area contributed by atoms with E-state index in [4.69, 9.17) is 0 Å². The predicted molar refractivity (Wildman–Crippen MR) is 52.3 cm³/mol. The van der Waals surface area contributed by atoms with Crippen molar-refractivity contribution in [2.24, 2.45) is 5.92 Å². The van der Waals surface area contributed by atoms with Gasteiger partial charge in [0, 0.05) is 6.42 Å². The highest BCUT2D eigenvalue weighted by molar-refractivity contribution is 5.75. The van der Waals surface area contributed by atoms with Crippen LogP contribution in [0.25, 0.3) is 0 Å². The molecule has 0 heterocycles. The molecule has 72 valence electrons. The van der Waals surface area contributed by atoms with Crippen molar-refractivity contribution < 1.29 is 4.79 Å². The molecule has 0 aromatic heterocycles. The van der Waals surface area contributed by atoms with Crippen LogP contribution in [0.15, 0.2) is 0 Å². The zero-order valence-electron chi connectivity index (χ0n) is 8.76. The Morgan fingerprint density at radius 3 is 2.33 bits per heavy atom. The molecule has 0 spiro atoms. The van der Waals surface area contributed by atoms with Gasteiger partial charge in [-0.05, 0) is 46.3 Å². The highest BCUT2D eigenvalue weighted by Crippen LogP contribution is 2.10. The topological polar surface area (TPSA) is 20.3 Å². The third kappa shape index (κ3) is 7.73. The standard InChI is InChI=1S/C10H21NO/c1-9(5-6-10(2)12)7-8-11(3)4/h9H,5-8H2,1-4H3/t9-/m0/s1. The van der Waals surface area contributed by atoms with Gasteiger partial charge in [0.25, 0.3) is 0 Å². The lowest BCUT2D eigenvalue weighted by molar-refractivity contribution is -0.117. The molecule has 0 amide bonds. The molecule has 0 unspecified atom stereocenters. The summed E-state index contributed by atoms with van der Waals surface area (Å²) >= 11 is 0. The van der Waals surface area contributed by atoms with E-state index >= 15 is 0 Å². The summed E-state index contributed by atoms with van der Waals surface area (Å²) in [6.07, 6.45) is 2.98. The molecule has 0 aliphatic heterocycles. The summed E-state index contributed by atoms with van der Waals surface area (Å²) in [5.74, 6) is 0.989. The zero-order valence-corrected chi connectivity index (χ0v) is 8.76. The van der Waals surface area contributed by atoms with Crippen LogP contribution in [0.4, 0.5) is 0 Å². The summed E-state index contributed by atoms with van der Waals surface area (Å²) in [6.45, 7) is 5.00. The van der Waals surface area contributed by atoms with Gasteiger partial charge in [-0.1, -0.05) is 6.92 Å². The molecule has 0 radical (unpaired) electrons. The minimum Gasteiger partial charge on any atom is -0.309 e. The van der Waals surface area contributed by atoms with Crippen molar-refractivity contribution in [1.29, 1.82) is 0 Å². The first-order chi connectivity index (χ1) is 5.52. The Morgan fingerprint density at radius 2 is 1.92 bits per heavy atom. The van der Waals surface area contributed by atoms with E-state index in [2.05, 4.69) is 25.9 Å². The third-order valence-electron chi connectivity index (χ3n) is 2.06. The van der Waals surface area contributed by atoms with Crippen molar-refractivity contribution in [3.63, 3.8) is 0 Å². The van der Waals surface area contributed by atoms with E-state index in [-0.39, 0.29) is 0 Å². The Balaban J connectivity index is 3.33. The van der Waals surface area contributed by atoms with E-state index in [0.29, 0.717) is 11.7 Å². The maximum Gasteiger partial charge on any atom is 0.129 e. The summed E-state index contributed by atoms with van der Waals surface area (Å²) < 4.78 is 0. The molecule has 0 saturated heterocycles. The van der Waals surface area contributed by atoms with Crippen LogP contribution in [0, 0.1) is 5.92 Å². The third-order valence-corrected chi connectivity index (χ3v) is 2.06. The summed E-state index contributed by atoms with van der Waals surface area (Å²) in [4.78, 5) is 12.9. The number of ketones is 1. The molecule has 0 rings (SSSR count). The first kappa shape index (κ1) is 11.6. The van der Waals surface area contributed by atoms with Gasteiger partial charge in [0.05, 0.1) is 0 Å². The van der Waals surface area contributed by atoms with Gasteiger partial charge in [-0.25, -0.2) is 0 Å². The van der Waals surface area contributed by atoms with Gasteiger partial charge in [0.1, 0.15) is 5.78 Å². The Bertz CT molecular complexity index is 132. The molecule has 2 nitrogen and oxygen atoms in total. The lowest BCUT2D eigenvalue weighted by Crippen LogP contribution is -2.15. The molecule has 1 atom stereocenters. The number of hydrogen-bond acceptors (Lipinski definition) is 2. The van der Waals surface area contributed by atoms with Gasteiger partial charge >= 0.3 is 0 Å². The van der Waals surface area contributed by atoms with Gasteiger partial charge in [-0.15, -0.1) is 0 Å². The fraction of sp³-hybridized carbons (Fsp3) is 0.900. The van der Waals surface area contributed by atoms with Crippen molar-refractivity contribution in [3.8, 4) is 0 Å². The number of carbonyl (C=O) groups is 1. The second kappa shape index (κ2) is 6.18. The number of nitrogens with zero attached hydrogens (tertiary/aromatic N) is 1. The van der Waals surface area contributed by atoms with Crippen LogP contribution in [-0.4, -0.2) is 31.3 Å². The van der Waals surface area contributed by atoms with Crippen LogP contribution in [-0.2, 0) is 4.79 Å². The molecule has 12 heavy (non-hydrogen) atoms. The second-order valence-electron chi connectivity index (χ2n) is 3.94.